The lowest BCUT2D eigenvalue weighted by Crippen LogP contribution is -2.59. The molecule has 3 amide bonds. The Kier molecular flexibility index (Phi) is 11.2. The van der Waals surface area contributed by atoms with Gasteiger partial charge in [0.15, 0.2) is 5.13 Å². The van der Waals surface area contributed by atoms with Crippen molar-refractivity contribution in [3.8, 4) is 22.9 Å². The summed E-state index contributed by atoms with van der Waals surface area (Å²) in [6.07, 6.45) is 8.31. The molecule has 15 heteroatoms. The Morgan fingerprint density at radius 3 is 2.43 bits per heavy atom. The number of methoxy groups -OCH3 is 1. The average molecular weight is 789 g/mol. The molecule has 1 aliphatic heterocycles. The van der Waals surface area contributed by atoms with Crippen LogP contribution in [0.25, 0.3) is 22.3 Å². The molecular weight excluding hydrogens is 737 g/mol. The summed E-state index contributed by atoms with van der Waals surface area (Å²) in [6, 6.07) is 5.55. The van der Waals surface area contributed by atoms with Gasteiger partial charge in [-0.1, -0.05) is 39.7 Å². The van der Waals surface area contributed by atoms with Crippen LogP contribution in [0.4, 0.5) is 9.93 Å². The highest BCUT2D eigenvalue weighted by atomic mass is 32.1. The number of anilines is 1. The number of carboxylic acids is 1. The van der Waals surface area contributed by atoms with E-state index in [-0.39, 0.29) is 25.5 Å². The van der Waals surface area contributed by atoms with Crippen molar-refractivity contribution in [2.45, 2.75) is 121 Å². The third-order valence-corrected chi connectivity index (χ3v) is 12.3. The molecule has 14 nitrogen and oxygen atoms in total. The van der Waals surface area contributed by atoms with Gasteiger partial charge >= 0.3 is 12.1 Å². The van der Waals surface area contributed by atoms with Gasteiger partial charge in [0.2, 0.25) is 11.8 Å². The van der Waals surface area contributed by atoms with E-state index in [1.54, 1.807) is 7.11 Å². The van der Waals surface area contributed by atoms with Gasteiger partial charge in [0.05, 0.1) is 24.9 Å². The maximum atomic E-state index is 14.6. The monoisotopic (exact) mass is 788 g/mol. The first-order valence-corrected chi connectivity index (χ1v) is 20.5. The van der Waals surface area contributed by atoms with Gasteiger partial charge in [0, 0.05) is 41.3 Å². The molecule has 4 aliphatic rings. The molecule has 4 fully saturated rings. The van der Waals surface area contributed by atoms with Crippen LogP contribution in [0.15, 0.2) is 42.3 Å². The fourth-order valence-corrected chi connectivity index (χ4v) is 9.01. The summed E-state index contributed by atoms with van der Waals surface area (Å²) in [7, 11) is 1.58. The first kappa shape index (κ1) is 39.3. The zero-order valence-corrected chi connectivity index (χ0v) is 33.3. The molecule has 56 heavy (non-hydrogen) atoms. The number of pyridine rings is 1. The number of nitrogens with zero attached hydrogens (tertiary/aromatic N) is 3. The topological polar surface area (TPSA) is 181 Å². The number of fused-ring (bicyclic) bond motifs is 1. The van der Waals surface area contributed by atoms with Crippen LogP contribution < -0.4 is 25.4 Å². The third-order valence-electron chi connectivity index (χ3n) is 11.5. The Bertz CT molecular complexity index is 1990. The number of benzene rings is 1. The van der Waals surface area contributed by atoms with Crippen molar-refractivity contribution in [3.05, 3.63) is 42.3 Å². The van der Waals surface area contributed by atoms with E-state index in [4.69, 9.17) is 24.2 Å². The van der Waals surface area contributed by atoms with Crippen LogP contribution in [-0.2, 0) is 19.1 Å². The number of carbonyl (C=O) groups is 4. The molecule has 3 aromatic rings. The molecule has 5 atom stereocenters. The number of ether oxygens (including phenoxy) is 3. The molecule has 7 rings (SSSR count). The van der Waals surface area contributed by atoms with Crippen LogP contribution >= 0.6 is 11.3 Å². The SMILES string of the molecule is C=CC1CC1(NC(=O)C1CC(Oc2cc(-c3csc(NC4CCCC4)n3)nc3cc(OC)ccc23)CN1C(=O)C(NC(=O)OC1CCCC1)C(C)(C)C)C(=O)O. The van der Waals surface area contributed by atoms with Crippen LogP contribution in [-0.4, -0.2) is 93.4 Å². The van der Waals surface area contributed by atoms with Crippen LogP contribution in [0, 0.1) is 11.3 Å². The summed E-state index contributed by atoms with van der Waals surface area (Å²) >= 11 is 1.52. The van der Waals surface area contributed by atoms with Crippen LogP contribution in [0.3, 0.4) is 0 Å². The quantitative estimate of drug-likeness (QED) is 0.143. The van der Waals surface area contributed by atoms with Crippen LogP contribution in [0.2, 0.25) is 0 Å². The van der Waals surface area contributed by atoms with Crippen LogP contribution in [0.5, 0.6) is 11.5 Å². The predicted molar refractivity (Wildman–Crippen MR) is 212 cm³/mol. The van der Waals surface area contributed by atoms with E-state index >= 15 is 0 Å². The van der Waals surface area contributed by atoms with Gasteiger partial charge in [-0.2, -0.15) is 0 Å². The molecule has 3 saturated carbocycles. The summed E-state index contributed by atoms with van der Waals surface area (Å²) in [5, 5.41) is 22.7. The number of amides is 3. The largest absolute Gasteiger partial charge is 0.497 e. The molecule has 1 saturated heterocycles. The number of rotatable bonds is 13. The van der Waals surface area contributed by atoms with E-state index < -0.39 is 58.9 Å². The molecule has 0 bridgehead atoms. The number of carboxylic acid groups (broad SMARTS) is 1. The first-order chi connectivity index (χ1) is 26.8. The van der Waals surface area contributed by atoms with Gasteiger partial charge in [-0.25, -0.2) is 19.6 Å². The Morgan fingerprint density at radius 1 is 1.04 bits per heavy atom. The first-order valence-electron chi connectivity index (χ1n) is 19.6. The normalized spacial score (nSPS) is 24.4. The Morgan fingerprint density at radius 2 is 1.77 bits per heavy atom. The Hall–Kier alpha value is -4.92. The van der Waals surface area contributed by atoms with Crippen molar-refractivity contribution in [1.29, 1.82) is 0 Å². The minimum Gasteiger partial charge on any atom is -0.497 e. The summed E-state index contributed by atoms with van der Waals surface area (Å²) in [6.45, 7) is 9.22. The fraction of sp³-hybridized carbons (Fsp3) is 0.561. The third kappa shape index (κ3) is 8.28. The lowest BCUT2D eigenvalue weighted by Gasteiger charge is -2.35. The van der Waals surface area contributed by atoms with Crippen molar-refractivity contribution in [2.24, 2.45) is 11.3 Å². The van der Waals surface area contributed by atoms with E-state index in [1.165, 1.54) is 35.2 Å². The maximum Gasteiger partial charge on any atom is 0.408 e. The number of nitrogens with one attached hydrogen (secondary N) is 3. The molecule has 2 aromatic heterocycles. The van der Waals surface area contributed by atoms with Crippen molar-refractivity contribution in [3.63, 3.8) is 0 Å². The molecule has 300 valence electrons. The second kappa shape index (κ2) is 15.9. The zero-order chi connectivity index (χ0) is 39.8. The second-order valence-electron chi connectivity index (χ2n) is 16.6. The van der Waals surface area contributed by atoms with Gasteiger partial charge in [0.1, 0.15) is 47.0 Å². The van der Waals surface area contributed by atoms with Gasteiger partial charge in [-0.15, -0.1) is 17.9 Å². The number of likely N-dealkylation sites (tertiary alicyclic amines) is 1. The molecule has 0 spiro atoms. The smallest absolute Gasteiger partial charge is 0.408 e. The number of thiazole rings is 1. The molecule has 1 aromatic carbocycles. The average Bonchev–Trinajstić information content (AvgIpc) is 3.80. The van der Waals surface area contributed by atoms with Crippen LogP contribution in [0.1, 0.15) is 85.0 Å². The van der Waals surface area contributed by atoms with E-state index in [0.29, 0.717) is 39.8 Å². The highest BCUT2D eigenvalue weighted by Crippen LogP contribution is 2.45. The number of carbonyl (C=O) groups excluding carboxylic acids is 3. The van der Waals surface area contributed by atoms with E-state index in [1.807, 2.05) is 50.4 Å². The molecule has 5 unspecified atom stereocenters. The summed E-state index contributed by atoms with van der Waals surface area (Å²) in [5.41, 5.74) is -0.405. The standard InChI is InChI=1S/C41H52N6O8S/c1-6-23-20-41(23,37(50)51)46-35(48)32-18-27(21-47(32)36(49)34(40(2,3)4)45-39(52)55-25-13-9-10-14-25)54-33-19-30(43-29-17-26(53-5)15-16-28(29)33)31-22-56-38(44-31)42-24-11-7-8-12-24/h6,15-17,19,22-25,27,32,34H,1,7-14,18,20-21H2,2-5H3,(H,42,44)(H,45,52)(H,46,48)(H,50,51). The van der Waals surface area contributed by atoms with Gasteiger partial charge in [0.25, 0.3) is 0 Å². The minimum absolute atomic E-state index is 0.00469. The highest BCUT2D eigenvalue weighted by Gasteiger charge is 2.61. The van der Waals surface area contributed by atoms with Crippen molar-refractivity contribution < 1.29 is 38.5 Å². The number of hydrogen-bond acceptors (Lipinski definition) is 11. The summed E-state index contributed by atoms with van der Waals surface area (Å²) in [4.78, 5) is 65.5. The number of aromatic nitrogens is 2. The Balaban J connectivity index is 1.19. The Labute approximate surface area is 330 Å². The second-order valence-corrected chi connectivity index (χ2v) is 17.5. The van der Waals surface area contributed by atoms with Crippen molar-refractivity contribution >= 4 is 51.2 Å². The van der Waals surface area contributed by atoms with Crippen molar-refractivity contribution in [1.82, 2.24) is 25.5 Å². The van der Waals surface area contributed by atoms with E-state index in [2.05, 4.69) is 22.5 Å². The predicted octanol–water partition coefficient (Wildman–Crippen LogP) is 6.30. The number of hydrogen-bond donors (Lipinski definition) is 4. The molecule has 4 N–H and O–H groups in total. The highest BCUT2D eigenvalue weighted by molar-refractivity contribution is 7.14. The molecule has 3 heterocycles. The zero-order valence-electron chi connectivity index (χ0n) is 32.5. The van der Waals surface area contributed by atoms with Gasteiger partial charge in [-0.3, -0.25) is 9.59 Å². The fourth-order valence-electron chi connectivity index (χ4n) is 8.23. The lowest BCUT2D eigenvalue weighted by molar-refractivity contribution is -0.146. The molecular formula is C41H52N6O8S. The van der Waals surface area contributed by atoms with E-state index in [0.717, 1.165) is 43.7 Å². The molecule has 0 radical (unpaired) electrons. The molecule has 3 aliphatic carbocycles. The maximum absolute atomic E-state index is 14.6. The van der Waals surface area contributed by atoms with E-state index in [9.17, 15) is 24.3 Å². The number of aliphatic carboxylic acids is 1. The summed E-state index contributed by atoms with van der Waals surface area (Å²) < 4.78 is 17.9. The van der Waals surface area contributed by atoms with Gasteiger partial charge in [-0.05, 0) is 62.5 Å². The lowest BCUT2D eigenvalue weighted by atomic mass is 9.85. The number of alkyl carbamates (subject to hydrolysis) is 1. The summed E-state index contributed by atoms with van der Waals surface area (Å²) in [5.74, 6) is -1.64. The van der Waals surface area contributed by atoms with Gasteiger partial charge < -0.3 is 40.2 Å². The van der Waals surface area contributed by atoms with Crippen molar-refractivity contribution in [2.75, 3.05) is 19.0 Å². The minimum atomic E-state index is -1.51.